The molecule has 4 aromatic carbocycles. The van der Waals surface area contributed by atoms with Gasteiger partial charge in [0.25, 0.3) is 8.32 Å². The van der Waals surface area contributed by atoms with Gasteiger partial charge in [-0.2, -0.15) is 0 Å². The maximum Gasteiger partial charge on any atom is 0.254 e. The number of hydrogen-bond donors (Lipinski definition) is 1. The van der Waals surface area contributed by atoms with Gasteiger partial charge in [-0.3, -0.25) is 4.79 Å². The van der Waals surface area contributed by atoms with Crippen LogP contribution in [0.4, 0.5) is 0 Å². The van der Waals surface area contributed by atoms with Gasteiger partial charge in [-0.1, -0.05) is 103 Å². The summed E-state index contributed by atoms with van der Waals surface area (Å²) in [5, 5.41) is 3.76. The van der Waals surface area contributed by atoms with E-state index in [0.717, 1.165) is 26.8 Å². The van der Waals surface area contributed by atoms with Gasteiger partial charge < -0.3 is 9.41 Å². The quantitative estimate of drug-likeness (QED) is 0.224. The van der Waals surface area contributed by atoms with Crippen LogP contribution in [0.25, 0.3) is 10.9 Å². The van der Waals surface area contributed by atoms with Crippen molar-refractivity contribution in [2.75, 3.05) is 0 Å². The lowest BCUT2D eigenvalue weighted by Gasteiger charge is -2.33. The Morgan fingerprint density at radius 1 is 0.824 bits per heavy atom. The van der Waals surface area contributed by atoms with E-state index in [0.29, 0.717) is 10.6 Å². The summed E-state index contributed by atoms with van der Waals surface area (Å²) in [4.78, 5) is 17.3. The Bertz CT molecular complexity index is 1390. The average Bonchev–Trinajstić information content (AvgIpc) is 3.37. The lowest BCUT2D eigenvalue weighted by Crippen LogP contribution is -2.59. The third-order valence-corrected chi connectivity index (χ3v) is 10.1. The molecule has 0 aliphatic rings. The van der Waals surface area contributed by atoms with E-state index in [9.17, 15) is 4.79 Å². The Hall–Kier alpha value is -3.44. The molecule has 1 N–H and O–H groups in total. The highest BCUT2D eigenvalue weighted by Crippen LogP contribution is 2.32. The molecule has 5 heteroatoms. The van der Waals surface area contributed by atoms with E-state index in [-0.39, 0.29) is 5.78 Å². The molecule has 1 atom stereocenters. The predicted molar refractivity (Wildman–Crippen MR) is 142 cm³/mol. The molecule has 0 fully saturated rings. The summed E-state index contributed by atoms with van der Waals surface area (Å²) in [6.07, 6.45) is 1.08. The van der Waals surface area contributed by atoms with Crippen LogP contribution >= 0.6 is 11.6 Å². The van der Waals surface area contributed by atoms with Crippen molar-refractivity contribution in [3.8, 4) is 0 Å². The summed E-state index contributed by atoms with van der Waals surface area (Å²) in [5.41, 5.74) is 2.25. The molecule has 0 aliphatic carbocycles. The first-order chi connectivity index (χ1) is 16.6. The van der Waals surface area contributed by atoms with E-state index in [1.165, 1.54) is 0 Å². The number of H-pyrrole nitrogens is 1. The Morgan fingerprint density at radius 2 is 1.47 bits per heavy atom. The number of benzene rings is 4. The number of para-hydroxylation sites is 1. The second kappa shape index (κ2) is 9.43. The summed E-state index contributed by atoms with van der Waals surface area (Å²) in [5.74, 6) is -0.116. The first-order valence-electron chi connectivity index (χ1n) is 11.2. The molecule has 3 nitrogen and oxygen atoms in total. The van der Waals surface area contributed by atoms with Crippen LogP contribution < -0.4 is 10.4 Å². The van der Waals surface area contributed by atoms with E-state index in [1.54, 1.807) is 24.3 Å². The number of rotatable bonds is 7. The minimum atomic E-state index is -2.79. The fourth-order valence-corrected chi connectivity index (χ4v) is 7.59. The van der Waals surface area contributed by atoms with E-state index in [1.807, 2.05) is 66.9 Å². The van der Waals surface area contributed by atoms with Gasteiger partial charge in [0.1, 0.15) is 6.10 Å². The van der Waals surface area contributed by atoms with Crippen molar-refractivity contribution in [3.63, 3.8) is 0 Å². The van der Waals surface area contributed by atoms with Gasteiger partial charge in [0.2, 0.25) is 0 Å². The zero-order valence-corrected chi connectivity index (χ0v) is 20.5. The van der Waals surface area contributed by atoms with Crippen LogP contribution in [0.1, 0.15) is 22.0 Å². The van der Waals surface area contributed by atoms with Gasteiger partial charge in [-0.05, 0) is 40.5 Å². The van der Waals surface area contributed by atoms with Gasteiger partial charge >= 0.3 is 0 Å². The van der Waals surface area contributed by atoms with Crippen LogP contribution in [-0.4, -0.2) is 19.1 Å². The van der Waals surface area contributed by atoms with Crippen LogP contribution in [-0.2, 0) is 4.43 Å². The normalized spacial score (nSPS) is 12.5. The molecule has 1 aromatic heterocycles. The van der Waals surface area contributed by atoms with Crippen LogP contribution in [0.3, 0.4) is 0 Å². The number of nitrogens with one attached hydrogen (secondary N) is 1. The predicted octanol–water partition coefficient (Wildman–Crippen LogP) is 6.15. The number of halogens is 1. The summed E-state index contributed by atoms with van der Waals surface area (Å²) in [6, 6.07) is 35.5. The minimum absolute atomic E-state index is 0.116. The minimum Gasteiger partial charge on any atom is -0.394 e. The van der Waals surface area contributed by atoms with Crippen LogP contribution in [0.5, 0.6) is 0 Å². The highest BCUT2D eigenvalue weighted by Gasteiger charge is 2.40. The molecule has 5 rings (SSSR count). The number of aromatic amines is 1. The van der Waals surface area contributed by atoms with Crippen LogP contribution in [0, 0.1) is 0 Å². The van der Waals surface area contributed by atoms with Gasteiger partial charge in [-0.15, -0.1) is 0 Å². The van der Waals surface area contributed by atoms with Gasteiger partial charge in [-0.25, -0.2) is 0 Å². The number of aromatic nitrogens is 1. The second-order valence-electron chi connectivity index (χ2n) is 8.43. The van der Waals surface area contributed by atoms with Crippen molar-refractivity contribution < 1.29 is 9.22 Å². The highest BCUT2D eigenvalue weighted by molar-refractivity contribution is 6.96. The highest BCUT2D eigenvalue weighted by atomic mass is 35.5. The van der Waals surface area contributed by atoms with Crippen molar-refractivity contribution in [1.82, 2.24) is 4.98 Å². The van der Waals surface area contributed by atoms with Crippen molar-refractivity contribution in [1.29, 1.82) is 0 Å². The van der Waals surface area contributed by atoms with E-state index in [2.05, 4.69) is 35.8 Å². The average molecular weight is 482 g/mol. The first kappa shape index (κ1) is 22.4. The zero-order chi connectivity index (χ0) is 23.5. The molecule has 1 heterocycles. The van der Waals surface area contributed by atoms with Crippen molar-refractivity contribution in [2.45, 2.75) is 12.7 Å². The molecule has 0 radical (unpaired) electrons. The van der Waals surface area contributed by atoms with Gasteiger partial charge in [0.05, 0.1) is 5.52 Å². The Morgan fingerprint density at radius 3 is 2.12 bits per heavy atom. The van der Waals surface area contributed by atoms with Crippen molar-refractivity contribution >= 4 is 47.0 Å². The summed E-state index contributed by atoms with van der Waals surface area (Å²) < 4.78 is 7.06. The Labute approximate surface area is 205 Å². The maximum absolute atomic E-state index is 14.0. The van der Waals surface area contributed by atoms with Gasteiger partial charge in [0.15, 0.2) is 5.78 Å². The summed E-state index contributed by atoms with van der Waals surface area (Å²) >= 11 is 6.25. The maximum atomic E-state index is 14.0. The smallest absolute Gasteiger partial charge is 0.254 e. The molecule has 34 heavy (non-hydrogen) atoms. The SMILES string of the molecule is C[Si](O[C@H](C(=O)c1cccc(Cl)c1)c1cccc2cc[nH]c12)(c1ccccc1)c1ccccc1. The van der Waals surface area contributed by atoms with Crippen LogP contribution in [0.2, 0.25) is 11.6 Å². The fourth-order valence-electron chi connectivity index (χ4n) is 4.43. The number of ketones is 1. The Balaban J connectivity index is 1.69. The Kier molecular flexibility index (Phi) is 6.20. The van der Waals surface area contributed by atoms with E-state index < -0.39 is 14.4 Å². The molecule has 0 saturated carbocycles. The molecular formula is C29H24ClNO2Si. The molecule has 0 saturated heterocycles. The van der Waals surface area contributed by atoms with E-state index in [4.69, 9.17) is 16.0 Å². The standard InChI is InChI=1S/C29H24ClNO2Si/c1-34(24-13-4-2-5-14-24,25-15-6-3-7-16-25)33-29(28(32)22-11-8-12-23(30)20-22)26-17-9-10-21-18-19-31-27(21)26/h2-20,29,31H,1H3/t29-/m0/s1. The lowest BCUT2D eigenvalue weighted by atomic mass is 9.98. The number of carbonyl (C=O) groups excluding carboxylic acids is 1. The number of hydrogen-bond acceptors (Lipinski definition) is 2. The number of fused-ring (bicyclic) bond motifs is 1. The fraction of sp³-hybridized carbons (Fsp3) is 0.0690. The zero-order valence-electron chi connectivity index (χ0n) is 18.7. The monoisotopic (exact) mass is 481 g/mol. The van der Waals surface area contributed by atoms with Crippen molar-refractivity contribution in [3.05, 3.63) is 132 Å². The largest absolute Gasteiger partial charge is 0.394 e. The van der Waals surface area contributed by atoms with Gasteiger partial charge in [0, 0.05) is 22.3 Å². The molecule has 0 bridgehead atoms. The lowest BCUT2D eigenvalue weighted by molar-refractivity contribution is 0.0788. The third-order valence-electron chi connectivity index (χ3n) is 6.25. The molecule has 0 spiro atoms. The molecule has 0 amide bonds. The molecule has 0 unspecified atom stereocenters. The first-order valence-corrected chi connectivity index (χ1v) is 14.0. The topological polar surface area (TPSA) is 42.1 Å². The van der Waals surface area contributed by atoms with Crippen molar-refractivity contribution in [2.24, 2.45) is 0 Å². The molecular weight excluding hydrogens is 458 g/mol. The third kappa shape index (κ3) is 4.24. The van der Waals surface area contributed by atoms with E-state index >= 15 is 0 Å². The number of Topliss-reactive ketones (excluding diaryl/α,β-unsaturated/α-hetero) is 1. The summed E-state index contributed by atoms with van der Waals surface area (Å²) in [7, 11) is -2.79. The molecule has 0 aliphatic heterocycles. The second-order valence-corrected chi connectivity index (χ2v) is 12.3. The number of carbonyl (C=O) groups is 1. The van der Waals surface area contributed by atoms with Crippen LogP contribution in [0.15, 0.2) is 115 Å². The summed E-state index contributed by atoms with van der Waals surface area (Å²) in [6.45, 7) is 2.16. The molecule has 5 aromatic rings. The molecule has 168 valence electrons.